The molecule has 10 nitrogen and oxygen atoms in total. The van der Waals surface area contributed by atoms with Crippen molar-refractivity contribution in [3.8, 4) is 0 Å². The van der Waals surface area contributed by atoms with Crippen molar-refractivity contribution in [2.45, 2.75) is 98.1 Å². The second-order valence-corrected chi connectivity index (χ2v) is 18.8. The standard InChI is InChI=1S/C27H46BrN5O5Si/c1-25(2,3)37-23(34)31(17-18-36-39(10,11)27(7,8)9)14-12-15-32(24(35)38-26(4,5)6)21-13-16-33-22(30-21)20(28)19-29-33/h13,16,19H,12,14-15,17-18H2,1-11H3. The number of anilines is 1. The lowest BCUT2D eigenvalue weighted by Gasteiger charge is -2.37. The van der Waals surface area contributed by atoms with Crippen LogP contribution in [0.1, 0.15) is 68.7 Å². The van der Waals surface area contributed by atoms with Crippen LogP contribution in [-0.2, 0) is 13.9 Å². The topological polar surface area (TPSA) is 98.5 Å². The summed E-state index contributed by atoms with van der Waals surface area (Å²) >= 11 is 3.45. The predicted octanol–water partition coefficient (Wildman–Crippen LogP) is 6.88. The third-order valence-corrected chi connectivity index (χ3v) is 11.4. The molecular weight excluding hydrogens is 582 g/mol. The van der Waals surface area contributed by atoms with Gasteiger partial charge in [-0.05, 0) is 88.1 Å². The van der Waals surface area contributed by atoms with Gasteiger partial charge in [0, 0.05) is 25.8 Å². The van der Waals surface area contributed by atoms with Gasteiger partial charge in [-0.1, -0.05) is 20.8 Å². The number of carbonyl (C=O) groups is 2. The van der Waals surface area contributed by atoms with Crippen molar-refractivity contribution in [3.63, 3.8) is 0 Å². The number of hydrogen-bond donors (Lipinski definition) is 0. The second kappa shape index (κ2) is 12.6. The maximum Gasteiger partial charge on any atom is 0.416 e. The molecule has 2 heterocycles. The van der Waals surface area contributed by atoms with Crippen molar-refractivity contribution >= 4 is 47.9 Å². The van der Waals surface area contributed by atoms with Crippen molar-refractivity contribution in [1.82, 2.24) is 19.5 Å². The summed E-state index contributed by atoms with van der Waals surface area (Å²) in [6.45, 7) is 23.4. The van der Waals surface area contributed by atoms with Gasteiger partial charge in [-0.2, -0.15) is 5.10 Å². The van der Waals surface area contributed by atoms with E-state index in [0.29, 0.717) is 42.1 Å². The van der Waals surface area contributed by atoms with Crippen LogP contribution in [0.4, 0.5) is 15.4 Å². The molecule has 0 aromatic carbocycles. The van der Waals surface area contributed by atoms with Gasteiger partial charge in [0.05, 0.1) is 17.3 Å². The summed E-state index contributed by atoms with van der Waals surface area (Å²) in [6, 6.07) is 1.72. The molecule has 12 heteroatoms. The van der Waals surface area contributed by atoms with E-state index in [4.69, 9.17) is 13.9 Å². The van der Waals surface area contributed by atoms with Gasteiger partial charge in [0.1, 0.15) is 17.0 Å². The molecule has 0 atom stereocenters. The average Bonchev–Trinajstić information content (AvgIpc) is 3.12. The van der Waals surface area contributed by atoms with Crippen LogP contribution in [0.5, 0.6) is 0 Å². The number of ether oxygens (including phenoxy) is 2. The van der Waals surface area contributed by atoms with Gasteiger partial charge in [0.15, 0.2) is 14.0 Å². The summed E-state index contributed by atoms with van der Waals surface area (Å²) in [5, 5.41) is 4.29. The molecule has 0 aliphatic rings. The van der Waals surface area contributed by atoms with Gasteiger partial charge < -0.3 is 18.8 Å². The van der Waals surface area contributed by atoms with E-state index in [1.165, 1.54) is 4.90 Å². The number of carbonyl (C=O) groups excluding carboxylic acids is 2. The number of nitrogens with zero attached hydrogens (tertiary/aromatic N) is 5. The highest BCUT2D eigenvalue weighted by atomic mass is 79.9. The Hall–Kier alpha value is -2.18. The molecule has 0 saturated heterocycles. The molecule has 0 unspecified atom stereocenters. The van der Waals surface area contributed by atoms with Crippen molar-refractivity contribution in [2.24, 2.45) is 0 Å². The van der Waals surface area contributed by atoms with E-state index < -0.39 is 31.7 Å². The molecular formula is C27H46BrN5O5Si. The third kappa shape index (κ3) is 10.1. The normalized spacial score (nSPS) is 12.9. The van der Waals surface area contributed by atoms with Crippen LogP contribution < -0.4 is 4.90 Å². The number of aromatic nitrogens is 3. The largest absolute Gasteiger partial charge is 0.444 e. The van der Waals surface area contributed by atoms with Crippen LogP contribution >= 0.6 is 15.9 Å². The molecule has 2 amide bonds. The molecule has 0 N–H and O–H groups in total. The summed E-state index contributed by atoms with van der Waals surface area (Å²) in [6.07, 6.45) is 2.94. The minimum absolute atomic E-state index is 0.0657. The Labute approximate surface area is 242 Å². The number of hydrogen-bond acceptors (Lipinski definition) is 7. The van der Waals surface area contributed by atoms with E-state index in [2.05, 4.69) is 59.9 Å². The Morgan fingerprint density at radius 2 is 1.54 bits per heavy atom. The van der Waals surface area contributed by atoms with Crippen LogP contribution in [0.25, 0.3) is 5.65 Å². The number of rotatable bonds is 9. The summed E-state index contributed by atoms with van der Waals surface area (Å²) in [5.74, 6) is 0.433. The van der Waals surface area contributed by atoms with Crippen molar-refractivity contribution in [3.05, 3.63) is 22.9 Å². The smallest absolute Gasteiger partial charge is 0.416 e. The van der Waals surface area contributed by atoms with Crippen LogP contribution in [0, 0.1) is 0 Å². The minimum Gasteiger partial charge on any atom is -0.444 e. The van der Waals surface area contributed by atoms with Crippen LogP contribution in [0.2, 0.25) is 18.1 Å². The highest BCUT2D eigenvalue weighted by Crippen LogP contribution is 2.36. The molecule has 0 aliphatic heterocycles. The first-order valence-corrected chi connectivity index (χ1v) is 17.0. The number of fused-ring (bicyclic) bond motifs is 1. The highest BCUT2D eigenvalue weighted by molar-refractivity contribution is 9.10. The molecule has 2 aromatic heterocycles. The fourth-order valence-electron chi connectivity index (χ4n) is 3.27. The maximum atomic E-state index is 13.2. The van der Waals surface area contributed by atoms with Gasteiger partial charge in [0.2, 0.25) is 0 Å². The van der Waals surface area contributed by atoms with E-state index in [-0.39, 0.29) is 11.6 Å². The SMILES string of the molecule is CC(C)(C)OC(=O)N(CCCN(C(=O)OC(C)(C)C)c1ccn2ncc(Br)c2n1)CCO[Si](C)(C)C(C)(C)C. The first-order chi connectivity index (χ1) is 17.7. The third-order valence-electron chi connectivity index (χ3n) is 6.29. The molecule has 39 heavy (non-hydrogen) atoms. The summed E-state index contributed by atoms with van der Waals surface area (Å²) in [7, 11) is -1.97. The predicted molar refractivity (Wildman–Crippen MR) is 160 cm³/mol. The van der Waals surface area contributed by atoms with E-state index >= 15 is 0 Å². The van der Waals surface area contributed by atoms with Crippen LogP contribution in [0.15, 0.2) is 22.9 Å². The lowest BCUT2D eigenvalue weighted by molar-refractivity contribution is 0.0221. The van der Waals surface area contributed by atoms with Gasteiger partial charge in [-0.3, -0.25) is 4.90 Å². The van der Waals surface area contributed by atoms with E-state index in [1.54, 1.807) is 27.9 Å². The Bertz CT molecular complexity index is 1130. The van der Waals surface area contributed by atoms with E-state index in [1.807, 2.05) is 41.5 Å². The Kier molecular flexibility index (Phi) is 10.6. The van der Waals surface area contributed by atoms with Crippen LogP contribution in [-0.4, -0.2) is 77.4 Å². The first kappa shape index (κ1) is 33.0. The number of amides is 2. The molecule has 2 aromatic rings. The lowest BCUT2D eigenvalue weighted by Crippen LogP contribution is -2.45. The molecule has 0 aliphatic carbocycles. The molecule has 0 fully saturated rings. The molecule has 2 rings (SSSR count). The highest BCUT2D eigenvalue weighted by Gasteiger charge is 2.37. The molecule has 0 saturated carbocycles. The van der Waals surface area contributed by atoms with E-state index in [0.717, 1.165) is 0 Å². The van der Waals surface area contributed by atoms with Gasteiger partial charge >= 0.3 is 12.2 Å². The first-order valence-electron chi connectivity index (χ1n) is 13.3. The van der Waals surface area contributed by atoms with Gasteiger partial charge in [0.25, 0.3) is 0 Å². The fourth-order valence-corrected chi connectivity index (χ4v) is 4.66. The van der Waals surface area contributed by atoms with E-state index in [9.17, 15) is 9.59 Å². The molecule has 220 valence electrons. The Morgan fingerprint density at radius 1 is 0.949 bits per heavy atom. The fraction of sp³-hybridized carbons (Fsp3) is 0.704. The quantitative estimate of drug-likeness (QED) is 0.279. The molecule has 0 spiro atoms. The van der Waals surface area contributed by atoms with Gasteiger partial charge in [-0.25, -0.2) is 19.1 Å². The van der Waals surface area contributed by atoms with Crippen molar-refractivity contribution in [1.29, 1.82) is 0 Å². The summed E-state index contributed by atoms with van der Waals surface area (Å²) in [5.41, 5.74) is -0.727. The monoisotopic (exact) mass is 627 g/mol. The second-order valence-electron chi connectivity index (χ2n) is 13.1. The zero-order valence-corrected chi connectivity index (χ0v) is 28.0. The van der Waals surface area contributed by atoms with Crippen LogP contribution in [0.3, 0.4) is 0 Å². The Balaban J connectivity index is 2.21. The minimum atomic E-state index is -1.97. The van der Waals surface area contributed by atoms with Crippen molar-refractivity contribution in [2.75, 3.05) is 31.1 Å². The zero-order chi connectivity index (χ0) is 29.8. The summed E-state index contributed by atoms with van der Waals surface area (Å²) in [4.78, 5) is 34.0. The summed E-state index contributed by atoms with van der Waals surface area (Å²) < 4.78 is 20.0. The zero-order valence-electron chi connectivity index (χ0n) is 25.4. The van der Waals surface area contributed by atoms with Crippen molar-refractivity contribution < 1.29 is 23.5 Å². The van der Waals surface area contributed by atoms with Gasteiger partial charge in [-0.15, -0.1) is 0 Å². The Morgan fingerprint density at radius 3 is 2.10 bits per heavy atom. The maximum absolute atomic E-state index is 13.2. The number of halogens is 1. The molecule has 0 bridgehead atoms. The average molecular weight is 629 g/mol. The lowest BCUT2D eigenvalue weighted by atomic mass is 10.2. The molecule has 0 radical (unpaired) electrons.